The van der Waals surface area contributed by atoms with Gasteiger partial charge in [0.15, 0.2) is 5.65 Å². The summed E-state index contributed by atoms with van der Waals surface area (Å²) in [6.45, 7) is 0. The molecule has 0 radical (unpaired) electrons. The van der Waals surface area contributed by atoms with Gasteiger partial charge in [0.05, 0.1) is 10.7 Å². The van der Waals surface area contributed by atoms with E-state index in [1.165, 1.54) is 0 Å². The van der Waals surface area contributed by atoms with E-state index < -0.39 is 0 Å². The van der Waals surface area contributed by atoms with Crippen LogP contribution >= 0.6 is 43.5 Å². The largest absolute Gasteiger partial charge is 0.369 e. The van der Waals surface area contributed by atoms with Crippen molar-refractivity contribution < 1.29 is 0 Å². The molecule has 0 aliphatic carbocycles. The highest BCUT2D eigenvalue weighted by atomic mass is 79.9. The number of anilines is 1. The van der Waals surface area contributed by atoms with Gasteiger partial charge in [-0.1, -0.05) is 11.6 Å². The Balaban J connectivity index is 2.29. The molecule has 0 atom stereocenters. The molecule has 2 heterocycles. The van der Waals surface area contributed by atoms with Gasteiger partial charge in [-0.3, -0.25) is 4.57 Å². The number of pyridine rings is 1. The third-order valence-corrected chi connectivity index (χ3v) is 4.30. The molecule has 19 heavy (non-hydrogen) atoms. The van der Waals surface area contributed by atoms with Crippen molar-refractivity contribution in [3.63, 3.8) is 0 Å². The van der Waals surface area contributed by atoms with Gasteiger partial charge in [0, 0.05) is 15.1 Å². The number of hydrogen-bond acceptors (Lipinski definition) is 3. The number of nitrogens with zero attached hydrogens (tertiary/aromatic N) is 3. The summed E-state index contributed by atoms with van der Waals surface area (Å²) in [5.74, 6) is 0.384. The van der Waals surface area contributed by atoms with Crippen LogP contribution in [0.5, 0.6) is 0 Å². The van der Waals surface area contributed by atoms with Gasteiger partial charge < -0.3 is 5.73 Å². The van der Waals surface area contributed by atoms with Crippen molar-refractivity contribution in [2.75, 3.05) is 5.73 Å². The Bertz CT molecular complexity index is 785. The summed E-state index contributed by atoms with van der Waals surface area (Å²) in [5.41, 5.74) is 8.26. The van der Waals surface area contributed by atoms with Gasteiger partial charge in [-0.15, -0.1) is 0 Å². The number of imidazole rings is 1. The van der Waals surface area contributed by atoms with E-state index in [2.05, 4.69) is 41.8 Å². The number of aromatic nitrogens is 3. The van der Waals surface area contributed by atoms with Gasteiger partial charge in [-0.25, -0.2) is 9.97 Å². The minimum atomic E-state index is 0.384. The molecule has 7 heteroatoms. The van der Waals surface area contributed by atoms with E-state index in [9.17, 15) is 0 Å². The van der Waals surface area contributed by atoms with Gasteiger partial charge in [0.2, 0.25) is 5.95 Å². The van der Waals surface area contributed by atoms with Gasteiger partial charge in [-0.2, -0.15) is 0 Å². The number of rotatable bonds is 1. The molecule has 0 bridgehead atoms. The fourth-order valence-electron chi connectivity index (χ4n) is 1.84. The van der Waals surface area contributed by atoms with E-state index in [1.54, 1.807) is 16.8 Å². The Kier molecular flexibility index (Phi) is 3.24. The van der Waals surface area contributed by atoms with Gasteiger partial charge in [0.1, 0.15) is 5.52 Å². The molecule has 0 aliphatic heterocycles. The van der Waals surface area contributed by atoms with Crippen LogP contribution in [0.1, 0.15) is 0 Å². The SMILES string of the molecule is Nc1nc2cc(Br)cnc2n1-c1ccc(Cl)c(Br)c1. The first-order valence-electron chi connectivity index (χ1n) is 5.31. The van der Waals surface area contributed by atoms with Crippen LogP contribution < -0.4 is 5.73 Å². The van der Waals surface area contributed by atoms with Crippen LogP contribution in [0.2, 0.25) is 5.02 Å². The summed E-state index contributed by atoms with van der Waals surface area (Å²) >= 11 is 12.8. The van der Waals surface area contributed by atoms with Crippen molar-refractivity contribution in [1.29, 1.82) is 0 Å². The topological polar surface area (TPSA) is 56.7 Å². The third kappa shape index (κ3) is 2.24. The molecule has 3 aromatic rings. The van der Waals surface area contributed by atoms with Crippen LogP contribution in [0.15, 0.2) is 39.4 Å². The molecule has 0 aliphatic rings. The Hall–Kier alpha value is -1.11. The summed E-state index contributed by atoms with van der Waals surface area (Å²) in [6.07, 6.45) is 1.71. The van der Waals surface area contributed by atoms with Crippen molar-refractivity contribution in [3.8, 4) is 5.69 Å². The molecular weight excluding hydrogens is 395 g/mol. The smallest absolute Gasteiger partial charge is 0.207 e. The highest BCUT2D eigenvalue weighted by Gasteiger charge is 2.12. The van der Waals surface area contributed by atoms with Crippen molar-refractivity contribution in [2.45, 2.75) is 0 Å². The van der Waals surface area contributed by atoms with Crippen molar-refractivity contribution in [3.05, 3.63) is 44.4 Å². The first-order valence-corrected chi connectivity index (χ1v) is 7.27. The zero-order valence-electron chi connectivity index (χ0n) is 9.44. The minimum Gasteiger partial charge on any atom is -0.369 e. The highest BCUT2D eigenvalue weighted by Crippen LogP contribution is 2.28. The first-order chi connectivity index (χ1) is 9.06. The molecule has 0 saturated carbocycles. The molecule has 2 N–H and O–H groups in total. The molecule has 0 spiro atoms. The molecular formula is C12H7Br2ClN4. The van der Waals surface area contributed by atoms with E-state index in [4.69, 9.17) is 17.3 Å². The van der Waals surface area contributed by atoms with E-state index in [1.807, 2.05) is 18.2 Å². The number of hydrogen-bond donors (Lipinski definition) is 1. The first kappa shape index (κ1) is 12.9. The summed E-state index contributed by atoms with van der Waals surface area (Å²) in [6, 6.07) is 7.42. The summed E-state index contributed by atoms with van der Waals surface area (Å²) in [5, 5.41) is 0.641. The van der Waals surface area contributed by atoms with Crippen LogP contribution in [0.4, 0.5) is 5.95 Å². The maximum absolute atomic E-state index is 6.00. The summed E-state index contributed by atoms with van der Waals surface area (Å²) in [4.78, 5) is 8.66. The van der Waals surface area contributed by atoms with Gasteiger partial charge in [-0.05, 0) is 56.1 Å². The quantitative estimate of drug-likeness (QED) is 0.664. The Labute approximate surface area is 130 Å². The van der Waals surface area contributed by atoms with Gasteiger partial charge >= 0.3 is 0 Å². The predicted molar refractivity (Wildman–Crippen MR) is 83.7 cm³/mol. The molecule has 0 fully saturated rings. The van der Waals surface area contributed by atoms with E-state index in [0.29, 0.717) is 16.6 Å². The van der Waals surface area contributed by atoms with Crippen LogP contribution in [0.25, 0.3) is 16.9 Å². The van der Waals surface area contributed by atoms with E-state index in [0.717, 1.165) is 20.1 Å². The predicted octanol–water partition coefficient (Wildman–Crippen LogP) is 4.18. The average molecular weight is 402 g/mol. The number of nitrogen functional groups attached to an aromatic ring is 1. The Morgan fingerprint density at radius 2 is 2.00 bits per heavy atom. The second kappa shape index (κ2) is 4.77. The lowest BCUT2D eigenvalue weighted by atomic mass is 10.3. The second-order valence-electron chi connectivity index (χ2n) is 3.90. The van der Waals surface area contributed by atoms with Crippen LogP contribution in [-0.2, 0) is 0 Å². The Morgan fingerprint density at radius 1 is 1.21 bits per heavy atom. The number of nitrogens with two attached hydrogens (primary N) is 1. The lowest BCUT2D eigenvalue weighted by Crippen LogP contribution is -2.01. The van der Waals surface area contributed by atoms with E-state index >= 15 is 0 Å². The molecule has 96 valence electrons. The molecule has 2 aromatic heterocycles. The Morgan fingerprint density at radius 3 is 2.74 bits per heavy atom. The lowest BCUT2D eigenvalue weighted by Gasteiger charge is -2.07. The van der Waals surface area contributed by atoms with Crippen LogP contribution in [0, 0.1) is 0 Å². The minimum absolute atomic E-state index is 0.384. The van der Waals surface area contributed by atoms with Crippen molar-refractivity contribution in [1.82, 2.24) is 14.5 Å². The molecule has 4 nitrogen and oxygen atoms in total. The standard InChI is InChI=1S/C12H7Br2ClN4/c13-6-3-10-11(17-5-6)19(12(16)18-10)7-1-2-9(15)8(14)4-7/h1-5H,(H2,16,18). The van der Waals surface area contributed by atoms with Crippen molar-refractivity contribution in [2.24, 2.45) is 0 Å². The zero-order valence-corrected chi connectivity index (χ0v) is 13.4. The highest BCUT2D eigenvalue weighted by molar-refractivity contribution is 9.10. The number of halogens is 3. The summed E-state index contributed by atoms with van der Waals surface area (Å²) in [7, 11) is 0. The normalized spacial score (nSPS) is 11.1. The zero-order chi connectivity index (χ0) is 13.6. The molecule has 1 aromatic carbocycles. The molecule has 0 amide bonds. The maximum Gasteiger partial charge on any atom is 0.207 e. The number of fused-ring (bicyclic) bond motifs is 1. The molecule has 0 saturated heterocycles. The fourth-order valence-corrected chi connectivity index (χ4v) is 2.64. The lowest BCUT2D eigenvalue weighted by molar-refractivity contribution is 1.08. The molecule has 0 unspecified atom stereocenters. The van der Waals surface area contributed by atoms with Gasteiger partial charge in [0.25, 0.3) is 0 Å². The second-order valence-corrected chi connectivity index (χ2v) is 6.08. The monoisotopic (exact) mass is 400 g/mol. The van der Waals surface area contributed by atoms with E-state index in [-0.39, 0.29) is 0 Å². The van der Waals surface area contributed by atoms with Crippen molar-refractivity contribution >= 4 is 60.6 Å². The number of benzene rings is 1. The van der Waals surface area contributed by atoms with Crippen LogP contribution in [-0.4, -0.2) is 14.5 Å². The summed E-state index contributed by atoms with van der Waals surface area (Å²) < 4.78 is 3.44. The third-order valence-electron chi connectivity index (χ3n) is 2.65. The molecule has 3 rings (SSSR count). The average Bonchev–Trinajstić information content (AvgIpc) is 2.68. The van der Waals surface area contributed by atoms with Crippen LogP contribution in [0.3, 0.4) is 0 Å². The fraction of sp³-hybridized carbons (Fsp3) is 0. The maximum atomic E-state index is 6.00.